The minimum atomic E-state index is -4.55. The van der Waals surface area contributed by atoms with Gasteiger partial charge in [-0.05, 0) is 6.92 Å². The molecule has 0 heterocycles. The van der Waals surface area contributed by atoms with Crippen LogP contribution in [0.5, 0.6) is 0 Å². The summed E-state index contributed by atoms with van der Waals surface area (Å²) in [7, 11) is 0. The van der Waals surface area contributed by atoms with Crippen LogP contribution in [0.2, 0.25) is 0 Å². The third-order valence-corrected chi connectivity index (χ3v) is 0.918. The average Bonchev–Trinajstić information content (AvgIpc) is 1.95. The minimum Gasteiger partial charge on any atom is -0.477 e. The molecule has 0 aromatic carbocycles. The first-order chi connectivity index (χ1) is 5.87. The molecule has 0 bridgehead atoms. The Kier molecular flexibility index (Phi) is 4.71. The van der Waals surface area contributed by atoms with E-state index in [1.165, 1.54) is 6.92 Å². The second-order valence-electron chi connectivity index (χ2n) is 2.05. The van der Waals surface area contributed by atoms with Crippen molar-refractivity contribution in [3.63, 3.8) is 0 Å². The van der Waals surface area contributed by atoms with Crippen LogP contribution in [0.3, 0.4) is 0 Å². The molecule has 0 rings (SSSR count). The molecule has 0 amide bonds. The van der Waals surface area contributed by atoms with E-state index in [4.69, 9.17) is 5.11 Å². The number of carboxylic acid groups (broad SMARTS) is 1. The Labute approximate surface area is 72.2 Å². The molecule has 1 N–H and O–H groups in total. The van der Waals surface area contributed by atoms with Crippen molar-refractivity contribution in [2.45, 2.75) is 19.4 Å². The van der Waals surface area contributed by atoms with Gasteiger partial charge in [-0.15, -0.1) is 0 Å². The van der Waals surface area contributed by atoms with Crippen molar-refractivity contribution < 1.29 is 32.5 Å². The van der Waals surface area contributed by atoms with Gasteiger partial charge in [-0.25, -0.2) is 4.79 Å². The standard InChI is InChI=1S/C6H9F3O4/c1-2-12-5(4(10)11)13-3-6(7,8)9/h5H,2-3H2,1H3,(H,10,11). The summed E-state index contributed by atoms with van der Waals surface area (Å²) in [6.45, 7) is -0.217. The van der Waals surface area contributed by atoms with Gasteiger partial charge >= 0.3 is 12.1 Å². The molecule has 0 saturated carbocycles. The first-order valence-corrected chi connectivity index (χ1v) is 3.39. The van der Waals surface area contributed by atoms with Gasteiger partial charge in [-0.1, -0.05) is 0 Å². The predicted molar refractivity (Wildman–Crippen MR) is 35.1 cm³/mol. The Morgan fingerprint density at radius 2 is 2.00 bits per heavy atom. The largest absolute Gasteiger partial charge is 0.477 e. The number of carboxylic acids is 1. The summed E-state index contributed by atoms with van der Waals surface area (Å²) in [5.74, 6) is -1.58. The van der Waals surface area contributed by atoms with E-state index in [2.05, 4.69) is 9.47 Å². The summed E-state index contributed by atoms with van der Waals surface area (Å²) < 4.78 is 43.0. The van der Waals surface area contributed by atoms with Gasteiger partial charge in [0.1, 0.15) is 6.61 Å². The van der Waals surface area contributed by atoms with Gasteiger partial charge in [0.2, 0.25) is 0 Å². The van der Waals surface area contributed by atoms with Crippen molar-refractivity contribution in [2.75, 3.05) is 13.2 Å². The topological polar surface area (TPSA) is 55.8 Å². The highest BCUT2D eigenvalue weighted by atomic mass is 19.4. The molecular weight excluding hydrogens is 193 g/mol. The Bertz CT molecular complexity index is 168. The SMILES string of the molecule is CCOC(OCC(F)(F)F)C(=O)O. The van der Waals surface area contributed by atoms with Crippen molar-refractivity contribution in [1.82, 2.24) is 0 Å². The number of rotatable bonds is 5. The summed E-state index contributed by atoms with van der Waals surface area (Å²) in [5, 5.41) is 8.28. The van der Waals surface area contributed by atoms with Crippen LogP contribution in [0.15, 0.2) is 0 Å². The van der Waals surface area contributed by atoms with Crippen LogP contribution >= 0.6 is 0 Å². The lowest BCUT2D eigenvalue weighted by Gasteiger charge is -2.14. The monoisotopic (exact) mass is 202 g/mol. The summed E-state index contributed by atoms with van der Waals surface area (Å²) in [6, 6.07) is 0. The van der Waals surface area contributed by atoms with E-state index in [0.717, 1.165) is 0 Å². The number of hydrogen-bond donors (Lipinski definition) is 1. The lowest BCUT2D eigenvalue weighted by atomic mass is 10.6. The molecule has 0 saturated heterocycles. The first-order valence-electron chi connectivity index (χ1n) is 3.39. The summed E-state index contributed by atoms with van der Waals surface area (Å²) in [6.07, 6.45) is -6.41. The van der Waals surface area contributed by atoms with Gasteiger partial charge in [0, 0.05) is 6.61 Å². The van der Waals surface area contributed by atoms with Crippen LogP contribution in [0.4, 0.5) is 13.2 Å². The van der Waals surface area contributed by atoms with Gasteiger partial charge in [0.05, 0.1) is 0 Å². The zero-order valence-electron chi connectivity index (χ0n) is 6.80. The second-order valence-corrected chi connectivity index (χ2v) is 2.05. The number of alkyl halides is 3. The summed E-state index contributed by atoms with van der Waals surface area (Å²) in [4.78, 5) is 10.2. The Hall–Kier alpha value is -0.820. The fraction of sp³-hybridized carbons (Fsp3) is 0.833. The molecule has 0 aliphatic rings. The fourth-order valence-corrected chi connectivity index (χ4v) is 0.512. The maximum Gasteiger partial charge on any atom is 0.411 e. The fourth-order valence-electron chi connectivity index (χ4n) is 0.512. The van der Waals surface area contributed by atoms with Crippen LogP contribution < -0.4 is 0 Å². The molecule has 13 heavy (non-hydrogen) atoms. The summed E-state index contributed by atoms with van der Waals surface area (Å²) >= 11 is 0. The molecule has 0 aromatic heterocycles. The zero-order chi connectivity index (χ0) is 10.5. The molecule has 7 heteroatoms. The average molecular weight is 202 g/mol. The number of aliphatic carboxylic acids is 1. The first kappa shape index (κ1) is 12.2. The number of carbonyl (C=O) groups is 1. The van der Waals surface area contributed by atoms with Crippen molar-refractivity contribution in [1.29, 1.82) is 0 Å². The van der Waals surface area contributed by atoms with Gasteiger partial charge in [0.15, 0.2) is 0 Å². The van der Waals surface area contributed by atoms with E-state index in [1.807, 2.05) is 0 Å². The molecule has 78 valence electrons. The normalized spacial score (nSPS) is 14.2. The van der Waals surface area contributed by atoms with Gasteiger partial charge < -0.3 is 14.6 Å². The molecule has 0 aliphatic heterocycles. The smallest absolute Gasteiger partial charge is 0.411 e. The van der Waals surface area contributed by atoms with Crippen molar-refractivity contribution in [3.05, 3.63) is 0 Å². The van der Waals surface area contributed by atoms with E-state index in [1.54, 1.807) is 0 Å². The van der Waals surface area contributed by atoms with Gasteiger partial charge in [0.25, 0.3) is 6.29 Å². The Morgan fingerprint density at radius 1 is 1.46 bits per heavy atom. The third-order valence-electron chi connectivity index (χ3n) is 0.918. The molecule has 4 nitrogen and oxygen atoms in total. The minimum absolute atomic E-state index is 0.0329. The maximum absolute atomic E-state index is 11.5. The van der Waals surface area contributed by atoms with Gasteiger partial charge in [-0.2, -0.15) is 13.2 Å². The van der Waals surface area contributed by atoms with Gasteiger partial charge in [-0.3, -0.25) is 0 Å². The molecule has 0 spiro atoms. The number of hydrogen-bond acceptors (Lipinski definition) is 3. The molecule has 0 radical (unpaired) electrons. The van der Waals surface area contributed by atoms with Crippen molar-refractivity contribution >= 4 is 5.97 Å². The highest BCUT2D eigenvalue weighted by Gasteiger charge is 2.31. The van der Waals surface area contributed by atoms with Crippen LogP contribution in [-0.4, -0.2) is 36.8 Å². The molecule has 0 aliphatic carbocycles. The van der Waals surface area contributed by atoms with Crippen molar-refractivity contribution in [3.8, 4) is 0 Å². The van der Waals surface area contributed by atoms with Crippen LogP contribution in [0, 0.1) is 0 Å². The third kappa shape index (κ3) is 6.35. The molecule has 1 unspecified atom stereocenters. The zero-order valence-corrected chi connectivity index (χ0v) is 6.80. The lowest BCUT2D eigenvalue weighted by Crippen LogP contribution is -2.31. The summed E-state index contributed by atoms with van der Waals surface area (Å²) in [5.41, 5.74) is 0. The number of halogens is 3. The highest BCUT2D eigenvalue weighted by molar-refractivity contribution is 5.70. The van der Waals surface area contributed by atoms with E-state index in [-0.39, 0.29) is 6.61 Å². The van der Waals surface area contributed by atoms with Crippen LogP contribution in [0.1, 0.15) is 6.92 Å². The Morgan fingerprint density at radius 3 is 2.31 bits per heavy atom. The molecule has 0 fully saturated rings. The molecule has 0 aromatic rings. The molecular formula is C6H9F3O4. The van der Waals surface area contributed by atoms with Crippen molar-refractivity contribution in [2.24, 2.45) is 0 Å². The second kappa shape index (κ2) is 5.03. The predicted octanol–water partition coefficient (Wildman–Crippen LogP) is 1.01. The van der Waals surface area contributed by atoms with Crippen LogP contribution in [-0.2, 0) is 14.3 Å². The quantitative estimate of drug-likeness (QED) is 0.676. The number of ether oxygens (including phenoxy) is 2. The van der Waals surface area contributed by atoms with Crippen LogP contribution in [0.25, 0.3) is 0 Å². The van der Waals surface area contributed by atoms with E-state index in [9.17, 15) is 18.0 Å². The van der Waals surface area contributed by atoms with E-state index >= 15 is 0 Å². The van der Waals surface area contributed by atoms with E-state index in [0.29, 0.717) is 0 Å². The maximum atomic E-state index is 11.5. The van der Waals surface area contributed by atoms with E-state index < -0.39 is 25.0 Å². The Balaban J connectivity index is 3.90. The highest BCUT2D eigenvalue weighted by Crippen LogP contribution is 2.15. The lowest BCUT2D eigenvalue weighted by molar-refractivity contribution is -0.232. The molecule has 1 atom stereocenters.